The number of fused-ring (bicyclic) bond motifs is 2. The lowest BCUT2D eigenvalue weighted by Gasteiger charge is -2.08. The van der Waals surface area contributed by atoms with E-state index in [0.717, 1.165) is 38.8 Å². The smallest absolute Gasteiger partial charge is 0.181 e. The maximum atomic E-state index is 13.6. The number of nitrogens with one attached hydrogen (secondary N) is 2. The van der Waals surface area contributed by atoms with Crippen LogP contribution in [0, 0.1) is 6.92 Å². The van der Waals surface area contributed by atoms with Gasteiger partial charge in [-0.25, -0.2) is 15.1 Å². The molecule has 9 heteroatoms. The highest BCUT2D eigenvalue weighted by Gasteiger charge is 2.16. The fourth-order valence-corrected chi connectivity index (χ4v) is 4.81. The van der Waals surface area contributed by atoms with E-state index >= 15 is 0 Å². The first-order valence-corrected chi connectivity index (χ1v) is 11.1. The molecule has 0 saturated heterocycles. The van der Waals surface area contributed by atoms with Gasteiger partial charge in [-0.2, -0.15) is 5.10 Å². The van der Waals surface area contributed by atoms with Crippen LogP contribution in [0.1, 0.15) is 4.88 Å². The number of imidazole rings is 1. The van der Waals surface area contributed by atoms with Gasteiger partial charge < -0.3 is 4.98 Å². The molecule has 0 fully saturated rings. The number of halogens is 1. The van der Waals surface area contributed by atoms with Gasteiger partial charge in [-0.3, -0.25) is 10.1 Å². The van der Waals surface area contributed by atoms with Crippen LogP contribution in [0.25, 0.3) is 55.2 Å². The third kappa shape index (κ3) is 3.33. The largest absolute Gasteiger partial charge is 0.337 e. The molecule has 0 saturated carbocycles. The van der Waals surface area contributed by atoms with Crippen molar-refractivity contribution in [2.75, 3.05) is 12.2 Å². The highest BCUT2D eigenvalue weighted by atomic mass is 32.1. The third-order valence-electron chi connectivity index (χ3n) is 5.58. The van der Waals surface area contributed by atoms with Gasteiger partial charge in [-0.05, 0) is 37.3 Å². The first-order chi connectivity index (χ1) is 16.1. The molecule has 1 aromatic carbocycles. The minimum absolute atomic E-state index is 0.369. The molecule has 33 heavy (non-hydrogen) atoms. The van der Waals surface area contributed by atoms with Gasteiger partial charge in [0.1, 0.15) is 5.69 Å². The number of H-pyrrole nitrogens is 2. The van der Waals surface area contributed by atoms with Crippen molar-refractivity contribution in [2.24, 2.45) is 0 Å². The summed E-state index contributed by atoms with van der Waals surface area (Å²) in [5.74, 6) is 0.683. The van der Waals surface area contributed by atoms with E-state index in [-0.39, 0.29) is 0 Å². The van der Waals surface area contributed by atoms with Crippen molar-refractivity contribution in [3.63, 3.8) is 0 Å². The Kier molecular flexibility index (Phi) is 4.44. The molecule has 162 valence electrons. The first kappa shape index (κ1) is 19.6. The minimum Gasteiger partial charge on any atom is -0.337 e. The Morgan fingerprint density at radius 3 is 2.73 bits per heavy atom. The number of aromatic nitrogens is 6. The molecule has 0 bridgehead atoms. The summed E-state index contributed by atoms with van der Waals surface area (Å²) in [6, 6.07) is 14.1. The van der Waals surface area contributed by atoms with E-state index in [1.54, 1.807) is 29.8 Å². The van der Waals surface area contributed by atoms with Crippen molar-refractivity contribution < 1.29 is 4.48 Å². The van der Waals surface area contributed by atoms with Crippen LogP contribution in [-0.2, 0) is 0 Å². The molecule has 0 aliphatic rings. The van der Waals surface area contributed by atoms with E-state index in [2.05, 4.69) is 50.3 Å². The summed E-state index contributed by atoms with van der Waals surface area (Å²) in [7, 11) is 1.34. The topological polar surface area (TPSA) is 86.4 Å². The number of aryl methyl sites for hydroxylation is 1. The lowest BCUT2D eigenvalue weighted by Crippen LogP contribution is -2.02. The normalized spacial score (nSPS) is 11.5. The van der Waals surface area contributed by atoms with Crippen LogP contribution in [-0.4, -0.2) is 37.2 Å². The molecule has 5 heterocycles. The average Bonchev–Trinajstić information content (AvgIpc) is 3.55. The quantitative estimate of drug-likeness (QED) is 0.322. The number of anilines is 1. The Bertz CT molecular complexity index is 1630. The number of pyridine rings is 2. The Morgan fingerprint density at radius 1 is 1.03 bits per heavy atom. The van der Waals surface area contributed by atoms with Crippen molar-refractivity contribution in [3.8, 4) is 33.1 Å². The summed E-state index contributed by atoms with van der Waals surface area (Å²) in [4.78, 5) is 19.4. The van der Waals surface area contributed by atoms with E-state index in [4.69, 9.17) is 4.98 Å². The number of hydrogen-bond acceptors (Lipinski definition) is 6. The van der Waals surface area contributed by atoms with Crippen LogP contribution < -0.4 is 5.12 Å². The van der Waals surface area contributed by atoms with E-state index in [1.165, 1.54) is 23.0 Å². The molecule has 0 aliphatic carbocycles. The minimum atomic E-state index is 0.369. The predicted molar refractivity (Wildman–Crippen MR) is 130 cm³/mol. The molecule has 0 radical (unpaired) electrons. The molecule has 5 aromatic heterocycles. The second-order valence-corrected chi connectivity index (χ2v) is 9.09. The molecule has 0 spiro atoms. The van der Waals surface area contributed by atoms with Gasteiger partial charge in [0.25, 0.3) is 0 Å². The fourth-order valence-electron chi connectivity index (χ4n) is 3.92. The molecule has 6 rings (SSSR count). The number of benzene rings is 1. The maximum Gasteiger partial charge on any atom is 0.181 e. The van der Waals surface area contributed by atoms with Gasteiger partial charge in [0.2, 0.25) is 0 Å². The summed E-state index contributed by atoms with van der Waals surface area (Å²) >= 11 is 1.75. The van der Waals surface area contributed by atoms with Gasteiger partial charge in [-0.1, -0.05) is 12.1 Å². The SMILES string of the molecule is Cc1ccc(-c2cccc3[nH]c(-c4[nH]nc5ncc(-c6cncc(N(C)F)c6)cc45)nc23)s1. The number of nitrogens with zero attached hydrogens (tertiary/aromatic N) is 5. The zero-order valence-electron chi connectivity index (χ0n) is 17.8. The van der Waals surface area contributed by atoms with Gasteiger partial charge in [-0.15, -0.1) is 15.8 Å². The second-order valence-electron chi connectivity index (χ2n) is 7.80. The summed E-state index contributed by atoms with van der Waals surface area (Å²) < 4.78 is 13.6. The fraction of sp³-hybridized carbons (Fsp3) is 0.0833. The van der Waals surface area contributed by atoms with Crippen molar-refractivity contribution in [3.05, 3.63) is 65.9 Å². The number of para-hydroxylation sites is 1. The standard InChI is InChI=1S/C24H18FN7S/c1-13-6-7-20(33-13)17-4-3-5-19-21(17)29-24(28-19)22-18-9-15(11-27-23(18)31-30-22)14-8-16(32(2)25)12-26-10-14/h3-12H,1-2H3,(H,28,29)(H,27,30,31). The van der Waals surface area contributed by atoms with Crippen LogP contribution in [0.3, 0.4) is 0 Å². The number of aromatic amines is 2. The number of rotatable bonds is 4. The van der Waals surface area contributed by atoms with Gasteiger partial charge in [0, 0.05) is 45.9 Å². The van der Waals surface area contributed by atoms with Crippen molar-refractivity contribution in [2.45, 2.75) is 6.92 Å². The summed E-state index contributed by atoms with van der Waals surface area (Å²) in [6.07, 6.45) is 4.87. The van der Waals surface area contributed by atoms with Crippen molar-refractivity contribution in [1.29, 1.82) is 0 Å². The number of hydrogen-bond donors (Lipinski definition) is 2. The maximum absolute atomic E-state index is 13.6. The number of thiophene rings is 1. The lowest BCUT2D eigenvalue weighted by atomic mass is 10.1. The van der Waals surface area contributed by atoms with Crippen molar-refractivity contribution in [1.82, 2.24) is 30.1 Å². The molecule has 0 unspecified atom stereocenters. The van der Waals surface area contributed by atoms with E-state index < -0.39 is 0 Å². The molecule has 0 amide bonds. The van der Waals surface area contributed by atoms with Gasteiger partial charge >= 0.3 is 0 Å². The average molecular weight is 456 g/mol. The molecule has 0 atom stereocenters. The lowest BCUT2D eigenvalue weighted by molar-refractivity contribution is 0.475. The first-order valence-electron chi connectivity index (χ1n) is 10.3. The van der Waals surface area contributed by atoms with E-state index in [0.29, 0.717) is 22.3 Å². The molecule has 7 nitrogen and oxygen atoms in total. The summed E-state index contributed by atoms with van der Waals surface area (Å²) in [5.41, 5.74) is 6.21. The molecule has 2 N–H and O–H groups in total. The summed E-state index contributed by atoms with van der Waals surface area (Å²) in [5, 5.41) is 8.78. The Morgan fingerprint density at radius 2 is 1.91 bits per heavy atom. The molecular weight excluding hydrogens is 437 g/mol. The highest BCUT2D eigenvalue weighted by molar-refractivity contribution is 7.15. The van der Waals surface area contributed by atoms with Crippen LogP contribution in [0.5, 0.6) is 0 Å². The Hall–Kier alpha value is -4.11. The zero-order valence-corrected chi connectivity index (χ0v) is 18.6. The molecule has 6 aromatic rings. The highest BCUT2D eigenvalue weighted by Crippen LogP contribution is 2.35. The van der Waals surface area contributed by atoms with Crippen LogP contribution in [0.2, 0.25) is 0 Å². The van der Waals surface area contributed by atoms with Crippen LogP contribution >= 0.6 is 11.3 Å². The van der Waals surface area contributed by atoms with Crippen molar-refractivity contribution >= 4 is 39.1 Å². The molecule has 0 aliphatic heterocycles. The monoisotopic (exact) mass is 455 g/mol. The molecular formula is C24H18FN7S. The Balaban J connectivity index is 1.48. The summed E-state index contributed by atoms with van der Waals surface area (Å²) in [6.45, 7) is 2.10. The van der Waals surface area contributed by atoms with Crippen LogP contribution in [0.4, 0.5) is 10.2 Å². The van der Waals surface area contributed by atoms with Gasteiger partial charge in [0.15, 0.2) is 11.5 Å². The second kappa shape index (κ2) is 7.49. The van der Waals surface area contributed by atoms with Gasteiger partial charge in [0.05, 0.1) is 28.3 Å². The third-order valence-corrected chi connectivity index (χ3v) is 6.61. The van der Waals surface area contributed by atoms with E-state index in [9.17, 15) is 4.48 Å². The van der Waals surface area contributed by atoms with Crippen LogP contribution in [0.15, 0.2) is 61.1 Å². The predicted octanol–water partition coefficient (Wildman–Crippen LogP) is 5.92. The van der Waals surface area contributed by atoms with E-state index in [1.807, 2.05) is 18.2 Å². The zero-order chi connectivity index (χ0) is 22.5. The Labute approximate surface area is 191 Å².